The Kier molecular flexibility index (Phi) is 3.23. The van der Waals surface area contributed by atoms with E-state index in [-0.39, 0.29) is 5.82 Å². The SMILES string of the molecule is Nc1cn(Cc2cccc(F)c2)nc1C1CCCC1. The van der Waals surface area contributed by atoms with Crippen LogP contribution < -0.4 is 5.73 Å². The number of nitrogen functional groups attached to an aromatic ring is 1. The molecule has 3 rings (SSSR count). The van der Waals surface area contributed by atoms with Gasteiger partial charge in [-0.3, -0.25) is 4.68 Å². The van der Waals surface area contributed by atoms with E-state index >= 15 is 0 Å². The van der Waals surface area contributed by atoms with Gasteiger partial charge in [-0.1, -0.05) is 25.0 Å². The molecule has 1 fully saturated rings. The van der Waals surface area contributed by atoms with Gasteiger partial charge in [0.1, 0.15) is 5.82 Å². The minimum Gasteiger partial charge on any atom is -0.396 e. The van der Waals surface area contributed by atoms with Gasteiger partial charge in [0.05, 0.1) is 17.9 Å². The molecule has 0 radical (unpaired) electrons. The minimum absolute atomic E-state index is 0.214. The standard InChI is InChI=1S/C15H18FN3/c16-13-7-3-4-11(8-13)9-19-10-14(17)15(18-19)12-5-1-2-6-12/h3-4,7-8,10,12H,1-2,5-6,9,17H2. The maximum Gasteiger partial charge on any atom is 0.123 e. The van der Waals surface area contributed by atoms with Crippen LogP contribution >= 0.6 is 0 Å². The van der Waals surface area contributed by atoms with E-state index in [4.69, 9.17) is 5.73 Å². The van der Waals surface area contributed by atoms with Crippen LogP contribution in [-0.2, 0) is 6.54 Å². The first-order chi connectivity index (χ1) is 9.22. The van der Waals surface area contributed by atoms with Gasteiger partial charge in [-0.05, 0) is 30.5 Å². The lowest BCUT2D eigenvalue weighted by atomic mass is 10.0. The Morgan fingerprint density at radius 2 is 2.11 bits per heavy atom. The molecule has 1 aromatic carbocycles. The molecule has 3 nitrogen and oxygen atoms in total. The van der Waals surface area contributed by atoms with Crippen LogP contribution in [0, 0.1) is 5.82 Å². The van der Waals surface area contributed by atoms with Gasteiger partial charge in [-0.2, -0.15) is 5.10 Å². The highest BCUT2D eigenvalue weighted by molar-refractivity contribution is 5.43. The molecule has 1 aliphatic carbocycles. The molecule has 0 aliphatic heterocycles. The van der Waals surface area contributed by atoms with E-state index in [1.807, 2.05) is 16.9 Å². The predicted octanol–water partition coefficient (Wildman–Crippen LogP) is 3.31. The van der Waals surface area contributed by atoms with Crippen molar-refractivity contribution in [2.75, 3.05) is 5.73 Å². The lowest BCUT2D eigenvalue weighted by Crippen LogP contribution is -2.03. The summed E-state index contributed by atoms with van der Waals surface area (Å²) in [5, 5.41) is 4.59. The van der Waals surface area contributed by atoms with Crippen molar-refractivity contribution in [1.29, 1.82) is 0 Å². The fraction of sp³-hybridized carbons (Fsp3) is 0.400. The number of anilines is 1. The molecular weight excluding hydrogens is 241 g/mol. The average Bonchev–Trinajstić information content (AvgIpc) is 2.98. The van der Waals surface area contributed by atoms with E-state index in [0.717, 1.165) is 16.9 Å². The quantitative estimate of drug-likeness (QED) is 0.919. The van der Waals surface area contributed by atoms with Crippen LogP contribution in [0.15, 0.2) is 30.5 Å². The maximum absolute atomic E-state index is 13.1. The Bertz CT molecular complexity index is 571. The molecule has 0 unspecified atom stereocenters. The van der Waals surface area contributed by atoms with Gasteiger partial charge < -0.3 is 5.73 Å². The summed E-state index contributed by atoms with van der Waals surface area (Å²) in [6.45, 7) is 0.564. The van der Waals surface area contributed by atoms with E-state index in [9.17, 15) is 4.39 Å². The minimum atomic E-state index is -0.214. The molecule has 0 amide bonds. The summed E-state index contributed by atoms with van der Waals surface area (Å²) in [5.41, 5.74) is 8.74. The molecule has 1 aromatic heterocycles. The number of halogens is 1. The van der Waals surface area contributed by atoms with Crippen molar-refractivity contribution in [3.05, 3.63) is 47.5 Å². The van der Waals surface area contributed by atoms with E-state index in [1.54, 1.807) is 6.07 Å². The molecule has 2 aromatic rings. The second-order valence-electron chi connectivity index (χ2n) is 5.28. The van der Waals surface area contributed by atoms with Crippen LogP contribution in [0.2, 0.25) is 0 Å². The summed E-state index contributed by atoms with van der Waals surface area (Å²) >= 11 is 0. The molecule has 0 bridgehead atoms. The van der Waals surface area contributed by atoms with Crippen molar-refractivity contribution in [3.8, 4) is 0 Å². The highest BCUT2D eigenvalue weighted by Crippen LogP contribution is 2.35. The van der Waals surface area contributed by atoms with Gasteiger partial charge in [0.2, 0.25) is 0 Å². The Hall–Kier alpha value is -1.84. The van der Waals surface area contributed by atoms with Gasteiger partial charge in [-0.25, -0.2) is 4.39 Å². The first-order valence-electron chi connectivity index (χ1n) is 6.79. The fourth-order valence-electron chi connectivity index (χ4n) is 2.87. The smallest absolute Gasteiger partial charge is 0.123 e. The zero-order valence-electron chi connectivity index (χ0n) is 10.8. The molecule has 1 saturated carbocycles. The third-order valence-electron chi connectivity index (χ3n) is 3.80. The maximum atomic E-state index is 13.1. The first kappa shape index (κ1) is 12.2. The molecule has 100 valence electrons. The number of nitrogens with two attached hydrogens (primary N) is 1. The van der Waals surface area contributed by atoms with Gasteiger partial charge in [-0.15, -0.1) is 0 Å². The van der Waals surface area contributed by atoms with Crippen molar-refractivity contribution >= 4 is 5.69 Å². The summed E-state index contributed by atoms with van der Waals surface area (Å²) < 4.78 is 15.0. The molecular formula is C15H18FN3. The highest BCUT2D eigenvalue weighted by Gasteiger charge is 2.22. The first-order valence-corrected chi connectivity index (χ1v) is 6.79. The Labute approximate surface area is 112 Å². The Morgan fingerprint density at radius 3 is 2.84 bits per heavy atom. The van der Waals surface area contributed by atoms with Crippen molar-refractivity contribution < 1.29 is 4.39 Å². The van der Waals surface area contributed by atoms with Crippen LogP contribution in [0.3, 0.4) is 0 Å². The van der Waals surface area contributed by atoms with E-state index in [1.165, 1.54) is 37.8 Å². The molecule has 0 atom stereocenters. The number of rotatable bonds is 3. The zero-order chi connectivity index (χ0) is 13.2. The van der Waals surface area contributed by atoms with Crippen molar-refractivity contribution in [3.63, 3.8) is 0 Å². The summed E-state index contributed by atoms with van der Waals surface area (Å²) in [6, 6.07) is 6.60. The van der Waals surface area contributed by atoms with Crippen molar-refractivity contribution in [2.24, 2.45) is 0 Å². The van der Waals surface area contributed by atoms with Crippen LogP contribution in [0.25, 0.3) is 0 Å². The van der Waals surface area contributed by atoms with Gasteiger partial charge in [0, 0.05) is 12.1 Å². The highest BCUT2D eigenvalue weighted by atomic mass is 19.1. The Balaban J connectivity index is 1.80. The fourth-order valence-corrected chi connectivity index (χ4v) is 2.87. The summed E-state index contributed by atoms with van der Waals surface area (Å²) in [7, 11) is 0. The number of nitrogens with zero attached hydrogens (tertiary/aromatic N) is 2. The zero-order valence-corrected chi connectivity index (χ0v) is 10.8. The molecule has 4 heteroatoms. The monoisotopic (exact) mass is 259 g/mol. The third kappa shape index (κ3) is 2.62. The summed E-state index contributed by atoms with van der Waals surface area (Å²) in [5.74, 6) is 0.294. The molecule has 1 heterocycles. The number of hydrogen-bond acceptors (Lipinski definition) is 2. The van der Waals surface area contributed by atoms with Gasteiger partial charge in [0.25, 0.3) is 0 Å². The normalized spacial score (nSPS) is 16.1. The van der Waals surface area contributed by atoms with Crippen molar-refractivity contribution in [1.82, 2.24) is 9.78 Å². The number of hydrogen-bond donors (Lipinski definition) is 1. The number of aromatic nitrogens is 2. The predicted molar refractivity (Wildman–Crippen MR) is 73.4 cm³/mol. The summed E-state index contributed by atoms with van der Waals surface area (Å²) in [4.78, 5) is 0. The number of benzene rings is 1. The molecule has 1 aliphatic rings. The third-order valence-corrected chi connectivity index (χ3v) is 3.80. The Morgan fingerprint density at radius 1 is 1.32 bits per heavy atom. The second-order valence-corrected chi connectivity index (χ2v) is 5.28. The van der Waals surface area contributed by atoms with E-state index in [2.05, 4.69) is 5.10 Å². The topological polar surface area (TPSA) is 43.8 Å². The molecule has 0 spiro atoms. The van der Waals surface area contributed by atoms with Crippen LogP contribution in [-0.4, -0.2) is 9.78 Å². The van der Waals surface area contributed by atoms with Crippen LogP contribution in [0.4, 0.5) is 10.1 Å². The lowest BCUT2D eigenvalue weighted by Gasteiger charge is -2.06. The van der Waals surface area contributed by atoms with Crippen molar-refractivity contribution in [2.45, 2.75) is 38.1 Å². The average molecular weight is 259 g/mol. The molecule has 2 N–H and O–H groups in total. The summed E-state index contributed by atoms with van der Waals surface area (Å²) in [6.07, 6.45) is 6.75. The van der Waals surface area contributed by atoms with Gasteiger partial charge >= 0.3 is 0 Å². The molecule has 19 heavy (non-hydrogen) atoms. The van der Waals surface area contributed by atoms with E-state index in [0.29, 0.717) is 12.5 Å². The van der Waals surface area contributed by atoms with Crippen LogP contribution in [0.5, 0.6) is 0 Å². The lowest BCUT2D eigenvalue weighted by molar-refractivity contribution is 0.611. The molecule has 0 saturated heterocycles. The second kappa shape index (κ2) is 5.03. The van der Waals surface area contributed by atoms with Crippen LogP contribution in [0.1, 0.15) is 42.9 Å². The largest absolute Gasteiger partial charge is 0.396 e. The van der Waals surface area contributed by atoms with E-state index < -0.39 is 0 Å². The van der Waals surface area contributed by atoms with Gasteiger partial charge in [0.15, 0.2) is 0 Å².